The third kappa shape index (κ3) is 2.31. The van der Waals surface area contributed by atoms with E-state index in [2.05, 4.69) is 4.37 Å². The highest BCUT2D eigenvalue weighted by atomic mass is 32.1. The molecule has 6 heteroatoms. The lowest BCUT2D eigenvalue weighted by molar-refractivity contribution is -0.143. The molecule has 5 nitrogen and oxygen atoms in total. The Morgan fingerprint density at radius 1 is 1.53 bits per heavy atom. The fourth-order valence-corrected chi connectivity index (χ4v) is 2.77. The van der Waals surface area contributed by atoms with Gasteiger partial charge in [-0.05, 0) is 37.7 Å². The van der Waals surface area contributed by atoms with Crippen LogP contribution >= 0.6 is 11.5 Å². The number of amides is 1. The van der Waals surface area contributed by atoms with Crippen molar-refractivity contribution in [3.8, 4) is 0 Å². The fraction of sp³-hybridized carbons (Fsp3) is 0.545. The van der Waals surface area contributed by atoms with Crippen LogP contribution in [0.25, 0.3) is 0 Å². The van der Waals surface area contributed by atoms with Gasteiger partial charge in [0, 0.05) is 11.9 Å². The smallest absolute Gasteiger partial charge is 0.326 e. The second-order valence-corrected chi connectivity index (χ2v) is 4.79. The van der Waals surface area contributed by atoms with Gasteiger partial charge in [-0.25, -0.2) is 4.79 Å². The molecule has 0 saturated carbocycles. The zero-order valence-corrected chi connectivity index (χ0v) is 10.4. The summed E-state index contributed by atoms with van der Waals surface area (Å²) in [7, 11) is 0. The minimum absolute atomic E-state index is 0.205. The molecule has 1 aromatic rings. The second-order valence-electron chi connectivity index (χ2n) is 4.16. The Balaban J connectivity index is 2.23. The van der Waals surface area contributed by atoms with Crippen molar-refractivity contribution < 1.29 is 14.7 Å². The van der Waals surface area contributed by atoms with Crippen LogP contribution in [0.5, 0.6) is 0 Å². The Hall–Kier alpha value is -1.43. The van der Waals surface area contributed by atoms with Gasteiger partial charge in [0.25, 0.3) is 5.91 Å². The van der Waals surface area contributed by atoms with E-state index in [0.717, 1.165) is 12.8 Å². The van der Waals surface area contributed by atoms with E-state index in [9.17, 15) is 9.59 Å². The lowest BCUT2D eigenvalue weighted by Gasteiger charge is -2.32. The summed E-state index contributed by atoms with van der Waals surface area (Å²) in [5, 5.41) is 10.8. The number of aliphatic carboxylic acids is 1. The molecule has 1 aromatic heterocycles. The predicted molar refractivity (Wildman–Crippen MR) is 63.2 cm³/mol. The SMILES string of the molecule is Cc1nscc1C(=O)N1CCCC[C@@H]1C(=O)O. The summed E-state index contributed by atoms with van der Waals surface area (Å²) in [6.07, 6.45) is 2.27. The number of aryl methyl sites for hydroxylation is 1. The summed E-state index contributed by atoms with van der Waals surface area (Å²) in [5.74, 6) is -1.12. The summed E-state index contributed by atoms with van der Waals surface area (Å²) in [5.41, 5.74) is 1.21. The number of hydrogen-bond acceptors (Lipinski definition) is 4. The second kappa shape index (κ2) is 4.83. The van der Waals surface area contributed by atoms with E-state index in [1.807, 2.05) is 0 Å². The zero-order valence-electron chi connectivity index (χ0n) is 9.55. The van der Waals surface area contributed by atoms with Crippen molar-refractivity contribution in [2.24, 2.45) is 0 Å². The van der Waals surface area contributed by atoms with Crippen molar-refractivity contribution in [1.29, 1.82) is 0 Å². The van der Waals surface area contributed by atoms with E-state index in [1.54, 1.807) is 12.3 Å². The number of carbonyl (C=O) groups excluding carboxylic acids is 1. The van der Waals surface area contributed by atoms with Gasteiger partial charge >= 0.3 is 5.97 Å². The van der Waals surface area contributed by atoms with Crippen molar-refractivity contribution in [3.63, 3.8) is 0 Å². The molecule has 1 aliphatic heterocycles. The van der Waals surface area contributed by atoms with E-state index in [4.69, 9.17) is 5.11 Å². The quantitative estimate of drug-likeness (QED) is 0.869. The summed E-state index contributed by atoms with van der Waals surface area (Å²) in [6.45, 7) is 2.29. The van der Waals surface area contributed by atoms with Crippen LogP contribution in [0.2, 0.25) is 0 Å². The predicted octanol–water partition coefficient (Wildman–Crippen LogP) is 1.53. The van der Waals surface area contributed by atoms with E-state index in [-0.39, 0.29) is 5.91 Å². The molecular weight excluding hydrogens is 240 g/mol. The average Bonchev–Trinajstić information content (AvgIpc) is 2.74. The first kappa shape index (κ1) is 12.0. The number of carboxylic acid groups (broad SMARTS) is 1. The molecule has 0 aromatic carbocycles. The van der Waals surface area contributed by atoms with Gasteiger partial charge in [0.15, 0.2) is 0 Å². The standard InChI is InChI=1S/C11H14N2O3S/c1-7-8(6-17-12-7)10(14)13-5-3-2-4-9(13)11(15)16/h6,9H,2-5H2,1H3,(H,15,16)/t9-/m1/s1. The van der Waals surface area contributed by atoms with Crippen LogP contribution in [0.1, 0.15) is 35.3 Å². The summed E-state index contributed by atoms with van der Waals surface area (Å²) in [6, 6.07) is -0.685. The number of piperidine rings is 1. The first-order chi connectivity index (χ1) is 8.11. The van der Waals surface area contributed by atoms with Gasteiger partial charge in [-0.3, -0.25) is 4.79 Å². The van der Waals surface area contributed by atoms with Gasteiger partial charge in [0.05, 0.1) is 11.3 Å². The molecule has 1 saturated heterocycles. The van der Waals surface area contributed by atoms with Gasteiger partial charge in [-0.1, -0.05) is 0 Å². The van der Waals surface area contributed by atoms with Crippen LogP contribution in [0.15, 0.2) is 5.38 Å². The Kier molecular flexibility index (Phi) is 3.42. The molecule has 0 bridgehead atoms. The summed E-state index contributed by atoms with van der Waals surface area (Å²) in [4.78, 5) is 24.8. The molecule has 2 rings (SSSR count). The lowest BCUT2D eigenvalue weighted by Crippen LogP contribution is -2.48. The molecule has 0 unspecified atom stereocenters. The van der Waals surface area contributed by atoms with Crippen molar-refractivity contribution in [1.82, 2.24) is 9.27 Å². The monoisotopic (exact) mass is 254 g/mol. The van der Waals surface area contributed by atoms with Crippen molar-refractivity contribution in [2.75, 3.05) is 6.54 Å². The first-order valence-corrected chi connectivity index (χ1v) is 6.39. The fourth-order valence-electron chi connectivity index (χ4n) is 2.08. The molecule has 1 N–H and O–H groups in total. The maximum Gasteiger partial charge on any atom is 0.326 e. The minimum atomic E-state index is -0.918. The van der Waals surface area contributed by atoms with E-state index >= 15 is 0 Å². The molecule has 1 atom stereocenters. The maximum atomic E-state index is 12.2. The molecule has 0 spiro atoms. The van der Waals surface area contributed by atoms with Gasteiger partial charge in [-0.15, -0.1) is 0 Å². The third-order valence-corrected chi connectivity index (χ3v) is 3.75. The van der Waals surface area contributed by atoms with Crippen LogP contribution in [-0.2, 0) is 4.79 Å². The molecule has 2 heterocycles. The molecular formula is C11H14N2O3S. The summed E-state index contributed by atoms with van der Waals surface area (Å²) < 4.78 is 4.05. The summed E-state index contributed by atoms with van der Waals surface area (Å²) >= 11 is 1.22. The van der Waals surface area contributed by atoms with E-state index in [0.29, 0.717) is 24.2 Å². The number of likely N-dealkylation sites (tertiary alicyclic amines) is 1. The van der Waals surface area contributed by atoms with Crippen LogP contribution < -0.4 is 0 Å². The van der Waals surface area contributed by atoms with Crippen LogP contribution in [0, 0.1) is 6.92 Å². The molecule has 17 heavy (non-hydrogen) atoms. The Bertz CT molecular complexity index is 444. The number of hydrogen-bond donors (Lipinski definition) is 1. The molecule has 1 amide bonds. The largest absolute Gasteiger partial charge is 0.480 e. The Morgan fingerprint density at radius 3 is 2.88 bits per heavy atom. The Morgan fingerprint density at radius 2 is 2.29 bits per heavy atom. The zero-order chi connectivity index (χ0) is 12.4. The van der Waals surface area contributed by atoms with Gasteiger partial charge in [0.2, 0.25) is 0 Å². The molecule has 0 aliphatic carbocycles. The maximum absolute atomic E-state index is 12.2. The highest BCUT2D eigenvalue weighted by molar-refractivity contribution is 7.03. The highest BCUT2D eigenvalue weighted by Crippen LogP contribution is 2.21. The molecule has 1 aliphatic rings. The van der Waals surface area contributed by atoms with Crippen LogP contribution in [0.3, 0.4) is 0 Å². The molecule has 1 fully saturated rings. The Labute approximate surface area is 103 Å². The normalized spacial score (nSPS) is 20.3. The number of nitrogens with zero attached hydrogens (tertiary/aromatic N) is 2. The van der Waals surface area contributed by atoms with Crippen molar-refractivity contribution in [2.45, 2.75) is 32.2 Å². The lowest BCUT2D eigenvalue weighted by atomic mass is 10.0. The van der Waals surface area contributed by atoms with Crippen LogP contribution in [0.4, 0.5) is 0 Å². The van der Waals surface area contributed by atoms with Crippen molar-refractivity contribution >= 4 is 23.4 Å². The average molecular weight is 254 g/mol. The number of carbonyl (C=O) groups is 2. The van der Waals surface area contributed by atoms with Gasteiger partial charge < -0.3 is 10.0 Å². The van der Waals surface area contributed by atoms with E-state index in [1.165, 1.54) is 16.4 Å². The van der Waals surface area contributed by atoms with Crippen molar-refractivity contribution in [3.05, 3.63) is 16.6 Å². The number of rotatable bonds is 2. The third-order valence-electron chi connectivity index (χ3n) is 3.03. The molecule has 92 valence electrons. The molecule has 0 radical (unpaired) electrons. The topological polar surface area (TPSA) is 70.5 Å². The van der Waals surface area contributed by atoms with E-state index < -0.39 is 12.0 Å². The number of aromatic nitrogens is 1. The minimum Gasteiger partial charge on any atom is -0.480 e. The first-order valence-electron chi connectivity index (χ1n) is 5.56. The highest BCUT2D eigenvalue weighted by Gasteiger charge is 2.33. The number of carboxylic acids is 1. The van der Waals surface area contributed by atoms with Crippen LogP contribution in [-0.4, -0.2) is 38.8 Å². The van der Waals surface area contributed by atoms with Gasteiger partial charge in [0.1, 0.15) is 6.04 Å². The van der Waals surface area contributed by atoms with Gasteiger partial charge in [-0.2, -0.15) is 4.37 Å².